The van der Waals surface area contributed by atoms with E-state index in [1.165, 1.54) is 13.0 Å². The molecule has 3 rings (SSSR count). The van der Waals surface area contributed by atoms with Gasteiger partial charge in [0.1, 0.15) is 11.6 Å². The van der Waals surface area contributed by atoms with E-state index >= 15 is 0 Å². The number of allylic oxidation sites excluding steroid dienone is 1. The van der Waals surface area contributed by atoms with Crippen LogP contribution in [0.15, 0.2) is 55.1 Å². The minimum atomic E-state index is -2.74. The summed E-state index contributed by atoms with van der Waals surface area (Å²) in [7, 11) is 0. The fourth-order valence-electron chi connectivity index (χ4n) is 4.79. The van der Waals surface area contributed by atoms with Gasteiger partial charge in [0.2, 0.25) is 5.91 Å². The van der Waals surface area contributed by atoms with Gasteiger partial charge < -0.3 is 30.8 Å². The summed E-state index contributed by atoms with van der Waals surface area (Å²) in [6.45, 7) is 7.21. The molecule has 6 N–H and O–H groups in total. The summed E-state index contributed by atoms with van der Waals surface area (Å²) in [6.07, 6.45) is 1.33. The molecule has 11 nitrogen and oxygen atoms in total. The Morgan fingerprint density at radius 3 is 2.05 bits per heavy atom. The van der Waals surface area contributed by atoms with Gasteiger partial charge in [-0.25, -0.2) is 9.18 Å². The molecule has 1 aliphatic rings. The highest BCUT2D eigenvalue weighted by Crippen LogP contribution is 2.36. The average molecular weight is 575 g/mol. The van der Waals surface area contributed by atoms with Crippen LogP contribution in [0.3, 0.4) is 0 Å². The predicted octanol–water partition coefficient (Wildman–Crippen LogP) is 2.64. The van der Waals surface area contributed by atoms with E-state index in [4.69, 9.17) is 20.4 Å². The third kappa shape index (κ3) is 9.12. The van der Waals surface area contributed by atoms with E-state index in [0.717, 1.165) is 11.1 Å². The van der Waals surface area contributed by atoms with Crippen LogP contribution in [0, 0.1) is 5.82 Å². The summed E-state index contributed by atoms with van der Waals surface area (Å²) >= 11 is 0. The summed E-state index contributed by atoms with van der Waals surface area (Å²) in [5, 5.41) is 47.3. The van der Waals surface area contributed by atoms with Crippen molar-refractivity contribution in [3.8, 4) is 5.75 Å². The van der Waals surface area contributed by atoms with Crippen LogP contribution < -0.4 is 5.32 Å². The summed E-state index contributed by atoms with van der Waals surface area (Å²) in [5.41, 5.74) is -1.15. The molecule has 1 aliphatic heterocycles. The molecule has 41 heavy (non-hydrogen) atoms. The molecule has 1 fully saturated rings. The lowest BCUT2D eigenvalue weighted by Gasteiger charge is -2.42. The van der Waals surface area contributed by atoms with Crippen LogP contribution in [0.5, 0.6) is 5.75 Å². The standard InChI is InChI=1S/C23H27FN2O2.C6H8O7/c1-3-7-18-8-6-9-19(22(18)28)16-26-14-12-23(13-15-26,25-17(2)27)20-10-4-5-11-21(20)24;7-3(8)1-6(13,5(11)12)2-4(9)10/h3-6,8-11,28H,1,7,12-16H2,2H3,(H,25,27);13H,1-2H2,(H,7,8)(H,9,10)(H,11,12). The van der Waals surface area contributed by atoms with Crippen LogP contribution in [0.1, 0.15) is 49.3 Å². The molecule has 12 heteroatoms. The van der Waals surface area contributed by atoms with Gasteiger partial charge in [-0.3, -0.25) is 19.3 Å². The van der Waals surface area contributed by atoms with Gasteiger partial charge in [-0.2, -0.15) is 0 Å². The van der Waals surface area contributed by atoms with Crippen molar-refractivity contribution in [1.29, 1.82) is 0 Å². The van der Waals surface area contributed by atoms with Crippen molar-refractivity contribution < 1.29 is 49.1 Å². The number of carbonyl (C=O) groups excluding carboxylic acids is 1. The Labute approximate surface area is 236 Å². The number of hydrogen-bond donors (Lipinski definition) is 6. The number of piperidine rings is 1. The van der Waals surface area contributed by atoms with Gasteiger partial charge in [0.25, 0.3) is 0 Å². The van der Waals surface area contributed by atoms with Crippen LogP contribution in [-0.4, -0.2) is 72.9 Å². The zero-order valence-electron chi connectivity index (χ0n) is 22.7. The normalized spacial score (nSPS) is 14.7. The fourth-order valence-corrected chi connectivity index (χ4v) is 4.79. The number of aromatic hydroxyl groups is 1. The number of rotatable bonds is 11. The Morgan fingerprint density at radius 1 is 1.00 bits per heavy atom. The average Bonchev–Trinajstić information content (AvgIpc) is 2.87. The van der Waals surface area contributed by atoms with Gasteiger partial charge in [-0.1, -0.05) is 42.5 Å². The number of hydrogen-bond acceptors (Lipinski definition) is 7. The highest BCUT2D eigenvalue weighted by atomic mass is 19.1. The molecular formula is C29H35FN2O9. The number of carbonyl (C=O) groups is 4. The van der Waals surface area contributed by atoms with E-state index in [1.807, 2.05) is 18.2 Å². The Morgan fingerprint density at radius 2 is 1.56 bits per heavy atom. The molecule has 0 radical (unpaired) electrons. The van der Waals surface area contributed by atoms with E-state index in [9.17, 15) is 28.7 Å². The number of nitrogens with zero attached hydrogens (tertiary/aromatic N) is 1. The molecule has 0 aliphatic carbocycles. The highest BCUT2D eigenvalue weighted by molar-refractivity contribution is 5.88. The molecule has 1 amide bonds. The Balaban J connectivity index is 0.000000383. The summed E-state index contributed by atoms with van der Waals surface area (Å²) in [6, 6.07) is 12.4. The zero-order valence-corrected chi connectivity index (χ0v) is 22.7. The number of likely N-dealkylation sites (tertiary alicyclic amines) is 1. The largest absolute Gasteiger partial charge is 0.507 e. The van der Waals surface area contributed by atoms with Gasteiger partial charge in [0, 0.05) is 37.7 Å². The number of aliphatic hydroxyl groups is 1. The summed E-state index contributed by atoms with van der Waals surface area (Å²) in [5.74, 6) is -5.16. The van der Waals surface area contributed by atoms with Crippen LogP contribution in [-0.2, 0) is 37.7 Å². The summed E-state index contributed by atoms with van der Waals surface area (Å²) < 4.78 is 14.5. The van der Waals surface area contributed by atoms with Crippen molar-refractivity contribution in [2.45, 2.75) is 56.7 Å². The fraction of sp³-hybridized carbons (Fsp3) is 0.379. The van der Waals surface area contributed by atoms with Crippen LogP contribution in [0.25, 0.3) is 0 Å². The number of para-hydroxylation sites is 1. The lowest BCUT2D eigenvalue weighted by Crippen LogP contribution is -2.52. The maximum Gasteiger partial charge on any atom is 0.336 e. The smallest absolute Gasteiger partial charge is 0.336 e. The first-order valence-corrected chi connectivity index (χ1v) is 12.8. The molecule has 0 spiro atoms. The second-order valence-electron chi connectivity index (χ2n) is 9.91. The molecule has 1 heterocycles. The topological polar surface area (TPSA) is 185 Å². The minimum absolute atomic E-state index is 0.161. The number of phenols is 1. The number of nitrogens with one attached hydrogen (secondary N) is 1. The van der Waals surface area contributed by atoms with Crippen molar-refractivity contribution >= 4 is 23.8 Å². The number of carboxylic acid groups (broad SMARTS) is 3. The van der Waals surface area contributed by atoms with E-state index in [2.05, 4.69) is 16.8 Å². The van der Waals surface area contributed by atoms with Gasteiger partial charge in [0.15, 0.2) is 5.60 Å². The highest BCUT2D eigenvalue weighted by Gasteiger charge is 2.41. The molecule has 0 saturated carbocycles. The Bertz CT molecular complexity index is 1260. The zero-order chi connectivity index (χ0) is 30.8. The second-order valence-corrected chi connectivity index (χ2v) is 9.91. The van der Waals surface area contributed by atoms with E-state index in [0.29, 0.717) is 50.2 Å². The first-order chi connectivity index (χ1) is 19.2. The number of benzene rings is 2. The van der Waals surface area contributed by atoms with Crippen molar-refractivity contribution in [3.05, 3.63) is 77.6 Å². The number of aliphatic carboxylic acids is 3. The molecule has 1 saturated heterocycles. The van der Waals surface area contributed by atoms with Crippen molar-refractivity contribution in [2.75, 3.05) is 13.1 Å². The lowest BCUT2D eigenvalue weighted by molar-refractivity contribution is -0.170. The summed E-state index contributed by atoms with van der Waals surface area (Å²) in [4.78, 5) is 44.5. The van der Waals surface area contributed by atoms with Crippen molar-refractivity contribution in [2.24, 2.45) is 0 Å². The van der Waals surface area contributed by atoms with E-state index < -0.39 is 41.9 Å². The van der Waals surface area contributed by atoms with Crippen molar-refractivity contribution in [1.82, 2.24) is 10.2 Å². The number of carboxylic acids is 3. The van der Waals surface area contributed by atoms with Gasteiger partial charge in [-0.05, 0) is 30.9 Å². The second kappa shape index (κ2) is 14.4. The monoisotopic (exact) mass is 574 g/mol. The molecule has 0 aromatic heterocycles. The van der Waals surface area contributed by atoms with Crippen LogP contribution in [0.2, 0.25) is 0 Å². The molecule has 0 unspecified atom stereocenters. The van der Waals surface area contributed by atoms with Crippen LogP contribution >= 0.6 is 0 Å². The van der Waals surface area contributed by atoms with Crippen molar-refractivity contribution in [3.63, 3.8) is 0 Å². The quantitative estimate of drug-likeness (QED) is 0.218. The lowest BCUT2D eigenvalue weighted by atomic mass is 9.80. The molecule has 2 aromatic carbocycles. The molecule has 0 bridgehead atoms. The SMILES string of the molecule is C=CCc1cccc(CN2CCC(NC(C)=O)(c3ccccc3F)CC2)c1O.O=C(O)CC(O)(CC(=O)O)C(=O)O. The predicted molar refractivity (Wildman–Crippen MR) is 146 cm³/mol. The van der Waals surface area contributed by atoms with Gasteiger partial charge in [0.05, 0.1) is 18.4 Å². The van der Waals surface area contributed by atoms with Gasteiger partial charge in [-0.15, -0.1) is 6.58 Å². The minimum Gasteiger partial charge on any atom is -0.507 e. The maximum atomic E-state index is 14.5. The first kappa shape index (κ1) is 32.9. The molecule has 222 valence electrons. The van der Waals surface area contributed by atoms with E-state index in [-0.39, 0.29) is 11.7 Å². The number of phenolic OH excluding ortho intramolecular Hbond substituents is 1. The Kier molecular flexibility index (Phi) is 11.5. The van der Waals surface area contributed by atoms with Crippen LogP contribution in [0.4, 0.5) is 4.39 Å². The van der Waals surface area contributed by atoms with Gasteiger partial charge >= 0.3 is 17.9 Å². The molecule has 0 atom stereocenters. The third-order valence-electron chi connectivity index (χ3n) is 6.76. The molecular weight excluding hydrogens is 539 g/mol. The van der Waals surface area contributed by atoms with E-state index in [1.54, 1.807) is 24.3 Å². The molecule has 2 aromatic rings. The number of halogens is 1. The number of amides is 1. The maximum absolute atomic E-state index is 14.5. The first-order valence-electron chi connectivity index (χ1n) is 12.8. The third-order valence-corrected chi connectivity index (χ3v) is 6.76. The Hall–Kier alpha value is -4.29.